The maximum absolute atomic E-state index is 12.1. The smallest absolute Gasteiger partial charge is 0.298 e. The molecule has 22 heavy (non-hydrogen) atoms. The molecular weight excluding hydrogens is 329 g/mol. The van der Waals surface area contributed by atoms with Gasteiger partial charge < -0.3 is 4.98 Å². The van der Waals surface area contributed by atoms with Crippen LogP contribution in [0.5, 0.6) is 0 Å². The SMILES string of the molecule is O=c1[nH]c(-c2cc(Cl)cc(Cl)c2[N+](=O)[O-])nc2ccccc12. The molecule has 0 amide bonds. The Balaban J connectivity index is 2.37. The second-order valence-corrected chi connectivity index (χ2v) is 5.32. The molecule has 6 nitrogen and oxygen atoms in total. The average Bonchev–Trinajstić information content (AvgIpc) is 2.45. The lowest BCUT2D eigenvalue weighted by Crippen LogP contribution is -2.10. The molecule has 2 aromatic carbocycles. The van der Waals surface area contributed by atoms with E-state index in [0.29, 0.717) is 10.9 Å². The van der Waals surface area contributed by atoms with Crippen LogP contribution in [0.4, 0.5) is 5.69 Å². The van der Waals surface area contributed by atoms with Crippen LogP contribution in [0.25, 0.3) is 22.3 Å². The van der Waals surface area contributed by atoms with Gasteiger partial charge in [-0.1, -0.05) is 35.3 Å². The van der Waals surface area contributed by atoms with Crippen LogP contribution in [0.1, 0.15) is 0 Å². The Bertz CT molecular complexity index is 969. The minimum absolute atomic E-state index is 0.0415. The first kappa shape index (κ1) is 14.5. The maximum Gasteiger partial charge on any atom is 0.298 e. The Kier molecular flexibility index (Phi) is 3.56. The first-order valence-electron chi connectivity index (χ1n) is 6.10. The van der Waals surface area contributed by atoms with E-state index in [1.165, 1.54) is 12.1 Å². The van der Waals surface area contributed by atoms with E-state index in [1.54, 1.807) is 24.3 Å². The molecule has 0 unspecified atom stereocenters. The zero-order chi connectivity index (χ0) is 15.9. The number of nitro groups is 1. The van der Waals surface area contributed by atoms with Crippen LogP contribution in [0.15, 0.2) is 41.2 Å². The van der Waals surface area contributed by atoms with Crippen molar-refractivity contribution < 1.29 is 4.92 Å². The number of nitrogens with one attached hydrogen (secondary N) is 1. The van der Waals surface area contributed by atoms with Gasteiger partial charge in [-0.25, -0.2) is 4.98 Å². The number of para-hydroxylation sites is 1. The summed E-state index contributed by atoms with van der Waals surface area (Å²) in [5.41, 5.74) is -0.271. The van der Waals surface area contributed by atoms with E-state index < -0.39 is 10.5 Å². The van der Waals surface area contributed by atoms with Gasteiger partial charge in [-0.3, -0.25) is 14.9 Å². The van der Waals surface area contributed by atoms with Crippen LogP contribution in [0, 0.1) is 10.1 Å². The highest BCUT2D eigenvalue weighted by molar-refractivity contribution is 6.36. The van der Waals surface area contributed by atoms with Crippen molar-refractivity contribution in [2.24, 2.45) is 0 Å². The number of aromatic amines is 1. The molecule has 3 rings (SSSR count). The highest BCUT2D eigenvalue weighted by Crippen LogP contribution is 2.37. The Morgan fingerprint density at radius 1 is 1.18 bits per heavy atom. The summed E-state index contributed by atoms with van der Waals surface area (Å²) in [5, 5.41) is 11.7. The molecule has 3 aromatic rings. The molecule has 0 aliphatic carbocycles. The van der Waals surface area contributed by atoms with Gasteiger partial charge in [-0.05, 0) is 24.3 Å². The Labute approximate surface area is 133 Å². The summed E-state index contributed by atoms with van der Waals surface area (Å²) >= 11 is 11.8. The molecule has 110 valence electrons. The summed E-state index contributed by atoms with van der Waals surface area (Å²) in [7, 11) is 0. The molecule has 1 N–H and O–H groups in total. The van der Waals surface area contributed by atoms with Gasteiger partial charge in [0.2, 0.25) is 0 Å². The number of hydrogen-bond acceptors (Lipinski definition) is 4. The van der Waals surface area contributed by atoms with Gasteiger partial charge in [-0.15, -0.1) is 0 Å². The minimum atomic E-state index is -0.636. The number of halogens is 2. The van der Waals surface area contributed by atoms with Crippen LogP contribution < -0.4 is 5.56 Å². The third-order valence-corrected chi connectivity index (χ3v) is 3.59. The standard InChI is InChI=1S/C14H7Cl2N3O3/c15-7-5-9(12(19(21)22)10(16)6-7)13-17-11-4-2-1-3-8(11)14(20)18-13/h1-6H,(H,17,18,20). The molecule has 0 saturated heterocycles. The van der Waals surface area contributed by atoms with Crippen LogP contribution in [0.3, 0.4) is 0 Å². The van der Waals surface area contributed by atoms with Gasteiger partial charge in [0.25, 0.3) is 11.2 Å². The zero-order valence-electron chi connectivity index (χ0n) is 10.8. The summed E-state index contributed by atoms with van der Waals surface area (Å²) in [5.74, 6) is 0.0415. The Hall–Kier alpha value is -2.44. The third kappa shape index (κ3) is 2.43. The van der Waals surface area contributed by atoms with Gasteiger partial charge >= 0.3 is 0 Å². The van der Waals surface area contributed by atoms with Gasteiger partial charge in [0.1, 0.15) is 10.8 Å². The fraction of sp³-hybridized carbons (Fsp3) is 0. The van der Waals surface area contributed by atoms with E-state index >= 15 is 0 Å². The highest BCUT2D eigenvalue weighted by atomic mass is 35.5. The second kappa shape index (κ2) is 5.40. The largest absolute Gasteiger partial charge is 0.306 e. The summed E-state index contributed by atoms with van der Waals surface area (Å²) < 4.78 is 0. The first-order chi connectivity index (χ1) is 10.5. The van der Waals surface area contributed by atoms with E-state index in [1.807, 2.05) is 0 Å². The van der Waals surface area contributed by atoms with Crippen molar-refractivity contribution in [2.75, 3.05) is 0 Å². The van der Waals surface area contributed by atoms with Gasteiger partial charge in [0.15, 0.2) is 0 Å². The van der Waals surface area contributed by atoms with Crippen LogP contribution >= 0.6 is 23.2 Å². The van der Waals surface area contributed by atoms with Crippen molar-refractivity contribution in [2.45, 2.75) is 0 Å². The number of nitro benzene ring substituents is 1. The van der Waals surface area contributed by atoms with Crippen molar-refractivity contribution in [3.05, 3.63) is 66.9 Å². The topological polar surface area (TPSA) is 88.9 Å². The second-order valence-electron chi connectivity index (χ2n) is 4.47. The molecule has 0 spiro atoms. The van der Waals surface area contributed by atoms with E-state index in [4.69, 9.17) is 23.2 Å². The van der Waals surface area contributed by atoms with Crippen molar-refractivity contribution in [1.82, 2.24) is 9.97 Å². The molecule has 0 aliphatic rings. The van der Waals surface area contributed by atoms with Gasteiger partial charge in [-0.2, -0.15) is 0 Å². The fourth-order valence-electron chi connectivity index (χ4n) is 2.15. The van der Waals surface area contributed by atoms with Crippen molar-refractivity contribution in [3.8, 4) is 11.4 Å². The summed E-state index contributed by atoms with van der Waals surface area (Å²) in [4.78, 5) is 29.5. The Morgan fingerprint density at radius 2 is 1.91 bits per heavy atom. The fourth-order valence-corrected chi connectivity index (χ4v) is 2.71. The molecule has 0 aliphatic heterocycles. The summed E-state index contributed by atoms with van der Waals surface area (Å²) in [6.45, 7) is 0. The van der Waals surface area contributed by atoms with E-state index in [0.717, 1.165) is 0 Å². The molecule has 1 aromatic heterocycles. The van der Waals surface area contributed by atoms with E-state index in [9.17, 15) is 14.9 Å². The lowest BCUT2D eigenvalue weighted by atomic mass is 10.1. The van der Waals surface area contributed by atoms with E-state index in [-0.39, 0.29) is 27.1 Å². The molecule has 0 saturated carbocycles. The number of benzene rings is 2. The summed E-state index contributed by atoms with van der Waals surface area (Å²) in [6, 6.07) is 9.30. The predicted molar refractivity (Wildman–Crippen MR) is 84.5 cm³/mol. The first-order valence-corrected chi connectivity index (χ1v) is 6.86. The summed E-state index contributed by atoms with van der Waals surface area (Å²) in [6.07, 6.45) is 0. The molecule has 0 radical (unpaired) electrons. The number of H-pyrrole nitrogens is 1. The van der Waals surface area contributed by atoms with Gasteiger partial charge in [0, 0.05) is 5.02 Å². The van der Waals surface area contributed by atoms with E-state index in [2.05, 4.69) is 9.97 Å². The number of hydrogen-bond donors (Lipinski definition) is 1. The Morgan fingerprint density at radius 3 is 2.64 bits per heavy atom. The number of nitrogens with zero attached hydrogens (tertiary/aromatic N) is 2. The van der Waals surface area contributed by atoms with Crippen molar-refractivity contribution in [1.29, 1.82) is 0 Å². The number of aromatic nitrogens is 2. The van der Waals surface area contributed by atoms with Crippen LogP contribution in [-0.2, 0) is 0 Å². The monoisotopic (exact) mass is 335 g/mol. The normalized spacial score (nSPS) is 10.8. The lowest BCUT2D eigenvalue weighted by molar-refractivity contribution is -0.384. The van der Waals surface area contributed by atoms with Crippen molar-refractivity contribution >= 4 is 39.8 Å². The number of rotatable bonds is 2. The third-order valence-electron chi connectivity index (χ3n) is 3.08. The van der Waals surface area contributed by atoms with Crippen LogP contribution in [0.2, 0.25) is 10.0 Å². The molecule has 8 heteroatoms. The predicted octanol–water partition coefficient (Wildman–Crippen LogP) is 3.81. The number of fused-ring (bicyclic) bond motifs is 1. The van der Waals surface area contributed by atoms with Crippen LogP contribution in [-0.4, -0.2) is 14.9 Å². The highest BCUT2D eigenvalue weighted by Gasteiger charge is 2.23. The minimum Gasteiger partial charge on any atom is -0.306 e. The molecular formula is C14H7Cl2N3O3. The molecule has 0 atom stereocenters. The molecule has 0 bridgehead atoms. The average molecular weight is 336 g/mol. The zero-order valence-corrected chi connectivity index (χ0v) is 12.4. The maximum atomic E-state index is 12.1. The lowest BCUT2D eigenvalue weighted by Gasteiger charge is -2.06. The molecule has 1 heterocycles. The molecule has 0 fully saturated rings. The quantitative estimate of drug-likeness (QED) is 0.569. The van der Waals surface area contributed by atoms with Gasteiger partial charge in [0.05, 0.1) is 21.4 Å². The van der Waals surface area contributed by atoms with Crippen molar-refractivity contribution in [3.63, 3.8) is 0 Å².